The Morgan fingerprint density at radius 1 is 0.867 bits per heavy atom. The third kappa shape index (κ3) is 4.89. The molecule has 0 saturated heterocycles. The van der Waals surface area contributed by atoms with Gasteiger partial charge in [-0.15, -0.1) is 0 Å². The first-order chi connectivity index (χ1) is 14.8. The Morgan fingerprint density at radius 3 is 2.43 bits per heavy atom. The van der Waals surface area contributed by atoms with E-state index in [1.165, 1.54) is 47.2 Å². The van der Waals surface area contributed by atoms with Gasteiger partial charge in [0.1, 0.15) is 5.75 Å². The number of hydrogen-bond acceptors (Lipinski definition) is 2. The summed E-state index contributed by atoms with van der Waals surface area (Å²) in [5.74, 6) is 1.13. The first-order valence-corrected chi connectivity index (χ1v) is 12.1. The third-order valence-electron chi connectivity index (χ3n) is 6.23. The Labute approximate surface area is 188 Å². The number of hydrogen-bond donors (Lipinski definition) is 2. The molecule has 0 saturated carbocycles. The van der Waals surface area contributed by atoms with E-state index in [1.54, 1.807) is 0 Å². The lowest BCUT2D eigenvalue weighted by molar-refractivity contribution is 0.469. The van der Waals surface area contributed by atoms with Gasteiger partial charge in [-0.1, -0.05) is 70.9 Å². The molecule has 0 aromatic heterocycles. The molecule has 3 heteroatoms. The van der Waals surface area contributed by atoms with Gasteiger partial charge in [-0.05, 0) is 78.1 Å². The predicted octanol–water partition coefficient (Wildman–Crippen LogP) is 7.23. The highest BCUT2D eigenvalue weighted by atomic mass is 79.9. The number of phenols is 1. The molecule has 3 aromatic rings. The van der Waals surface area contributed by atoms with E-state index in [0.717, 1.165) is 24.7 Å². The standard InChI is InChI=1S/C27H30BrNO/c28-17-5-2-6-18-29-23-12-9-21(10-13-23)27-25(20-7-3-1-4-8-20)15-11-22-19-24(30)14-16-26(22)27/h1,3-4,7-10,12-14,16,19,25,27,29-30H,2,5-6,11,15,17-18H2/t25-,27+/m1/s1. The van der Waals surface area contributed by atoms with Crippen molar-refractivity contribution < 1.29 is 5.11 Å². The summed E-state index contributed by atoms with van der Waals surface area (Å²) in [5, 5.41) is 14.6. The molecular formula is C27H30BrNO. The van der Waals surface area contributed by atoms with Crippen molar-refractivity contribution in [2.45, 2.75) is 43.9 Å². The lowest BCUT2D eigenvalue weighted by Crippen LogP contribution is -2.20. The van der Waals surface area contributed by atoms with E-state index in [-0.39, 0.29) is 0 Å². The number of fused-ring (bicyclic) bond motifs is 1. The van der Waals surface area contributed by atoms with E-state index >= 15 is 0 Å². The van der Waals surface area contributed by atoms with Crippen molar-refractivity contribution in [3.05, 3.63) is 95.1 Å². The monoisotopic (exact) mass is 463 g/mol. The molecule has 1 aliphatic rings. The fourth-order valence-corrected chi connectivity index (χ4v) is 5.11. The van der Waals surface area contributed by atoms with Gasteiger partial charge in [-0.25, -0.2) is 0 Å². The smallest absolute Gasteiger partial charge is 0.115 e. The number of halogens is 1. The molecule has 1 aliphatic carbocycles. The first-order valence-electron chi connectivity index (χ1n) is 11.0. The topological polar surface area (TPSA) is 32.3 Å². The number of aryl methyl sites for hydroxylation is 1. The predicted molar refractivity (Wildman–Crippen MR) is 130 cm³/mol. The first kappa shape index (κ1) is 21.0. The van der Waals surface area contributed by atoms with E-state index < -0.39 is 0 Å². The van der Waals surface area contributed by atoms with Gasteiger partial charge in [0.05, 0.1) is 0 Å². The van der Waals surface area contributed by atoms with E-state index in [9.17, 15) is 5.11 Å². The van der Waals surface area contributed by atoms with Crippen LogP contribution in [0, 0.1) is 0 Å². The average Bonchev–Trinajstić information content (AvgIpc) is 2.79. The van der Waals surface area contributed by atoms with Gasteiger partial charge >= 0.3 is 0 Å². The summed E-state index contributed by atoms with van der Waals surface area (Å²) in [6.45, 7) is 1.02. The third-order valence-corrected chi connectivity index (χ3v) is 6.79. The number of phenolic OH excluding ortho intramolecular Hbond substituents is 1. The lowest BCUT2D eigenvalue weighted by Gasteiger charge is -2.35. The maximum atomic E-state index is 9.99. The molecule has 0 amide bonds. The molecule has 0 radical (unpaired) electrons. The zero-order chi connectivity index (χ0) is 20.8. The highest BCUT2D eigenvalue weighted by Gasteiger charge is 2.32. The number of unbranched alkanes of at least 4 members (excludes halogenated alkanes) is 2. The minimum Gasteiger partial charge on any atom is -0.508 e. The van der Waals surface area contributed by atoms with E-state index in [1.807, 2.05) is 12.1 Å². The summed E-state index contributed by atoms with van der Waals surface area (Å²) in [4.78, 5) is 0. The van der Waals surface area contributed by atoms with Crippen LogP contribution in [0.1, 0.15) is 59.8 Å². The number of rotatable bonds is 8. The second-order valence-electron chi connectivity index (χ2n) is 8.22. The van der Waals surface area contributed by atoms with Crippen LogP contribution in [0.2, 0.25) is 0 Å². The molecule has 2 N–H and O–H groups in total. The Morgan fingerprint density at radius 2 is 1.67 bits per heavy atom. The summed E-state index contributed by atoms with van der Waals surface area (Å²) in [5.41, 5.74) is 6.57. The number of alkyl halides is 1. The van der Waals surface area contributed by atoms with Crippen LogP contribution in [0.5, 0.6) is 5.75 Å². The molecule has 2 atom stereocenters. The summed E-state index contributed by atoms with van der Waals surface area (Å²) < 4.78 is 0. The highest BCUT2D eigenvalue weighted by molar-refractivity contribution is 9.09. The van der Waals surface area contributed by atoms with Crippen molar-refractivity contribution in [3.63, 3.8) is 0 Å². The molecule has 0 heterocycles. The van der Waals surface area contributed by atoms with Gasteiger partial charge in [0.15, 0.2) is 0 Å². The number of aromatic hydroxyl groups is 1. The summed E-state index contributed by atoms with van der Waals surface area (Å²) in [6.07, 6.45) is 5.79. The van der Waals surface area contributed by atoms with Crippen molar-refractivity contribution in [3.8, 4) is 5.75 Å². The lowest BCUT2D eigenvalue weighted by atomic mass is 9.69. The van der Waals surface area contributed by atoms with E-state index in [2.05, 4.69) is 81.9 Å². The molecule has 0 fully saturated rings. The molecule has 0 unspecified atom stereocenters. The minimum absolute atomic E-state index is 0.310. The largest absolute Gasteiger partial charge is 0.508 e. The molecule has 2 nitrogen and oxygen atoms in total. The SMILES string of the molecule is Oc1ccc2c(c1)CC[C@H](c1ccccc1)[C@@H]2c1ccc(NCCCCCBr)cc1. The van der Waals surface area contributed by atoms with Crippen molar-refractivity contribution in [2.75, 3.05) is 17.2 Å². The van der Waals surface area contributed by atoms with Crippen LogP contribution in [0.15, 0.2) is 72.8 Å². The molecule has 0 bridgehead atoms. The van der Waals surface area contributed by atoms with Crippen LogP contribution >= 0.6 is 15.9 Å². The maximum absolute atomic E-state index is 9.99. The number of nitrogens with one attached hydrogen (secondary N) is 1. The fourth-order valence-electron chi connectivity index (χ4n) is 4.71. The van der Waals surface area contributed by atoms with Crippen LogP contribution in [0.25, 0.3) is 0 Å². The zero-order valence-corrected chi connectivity index (χ0v) is 18.9. The Hall–Kier alpha value is -2.26. The van der Waals surface area contributed by atoms with Gasteiger partial charge in [-0.2, -0.15) is 0 Å². The molecule has 30 heavy (non-hydrogen) atoms. The van der Waals surface area contributed by atoms with E-state index in [0.29, 0.717) is 17.6 Å². The van der Waals surface area contributed by atoms with Gasteiger partial charge in [0.25, 0.3) is 0 Å². The van der Waals surface area contributed by atoms with Crippen LogP contribution in [-0.2, 0) is 6.42 Å². The molecule has 0 spiro atoms. The van der Waals surface area contributed by atoms with Gasteiger partial charge in [0.2, 0.25) is 0 Å². The minimum atomic E-state index is 0.310. The summed E-state index contributed by atoms with van der Waals surface area (Å²) in [7, 11) is 0. The van der Waals surface area contributed by atoms with Crippen LogP contribution in [0.3, 0.4) is 0 Å². The van der Waals surface area contributed by atoms with Gasteiger partial charge in [-0.3, -0.25) is 0 Å². The summed E-state index contributed by atoms with van der Waals surface area (Å²) in [6, 6.07) is 25.8. The van der Waals surface area contributed by atoms with E-state index in [4.69, 9.17) is 0 Å². The van der Waals surface area contributed by atoms with Gasteiger partial charge < -0.3 is 10.4 Å². The van der Waals surface area contributed by atoms with Crippen molar-refractivity contribution in [1.29, 1.82) is 0 Å². The van der Waals surface area contributed by atoms with Crippen LogP contribution in [-0.4, -0.2) is 17.0 Å². The van der Waals surface area contributed by atoms with Crippen molar-refractivity contribution in [2.24, 2.45) is 0 Å². The van der Waals surface area contributed by atoms with Crippen LogP contribution < -0.4 is 5.32 Å². The average molecular weight is 464 g/mol. The fraction of sp³-hybridized carbons (Fsp3) is 0.333. The van der Waals surface area contributed by atoms with Crippen molar-refractivity contribution in [1.82, 2.24) is 0 Å². The van der Waals surface area contributed by atoms with Crippen molar-refractivity contribution >= 4 is 21.6 Å². The molecular weight excluding hydrogens is 434 g/mol. The second kappa shape index (κ2) is 10.2. The highest BCUT2D eigenvalue weighted by Crippen LogP contribution is 2.47. The quantitative estimate of drug-likeness (QED) is 0.272. The zero-order valence-electron chi connectivity index (χ0n) is 17.4. The Balaban J connectivity index is 1.58. The summed E-state index contributed by atoms with van der Waals surface area (Å²) >= 11 is 3.49. The number of benzene rings is 3. The maximum Gasteiger partial charge on any atom is 0.115 e. The molecule has 3 aromatic carbocycles. The molecule has 4 rings (SSSR count). The normalized spacial score (nSPS) is 18.0. The molecule has 0 aliphatic heterocycles. The Kier molecular flexibility index (Phi) is 7.11. The number of anilines is 1. The van der Waals surface area contributed by atoms with Crippen LogP contribution in [0.4, 0.5) is 5.69 Å². The Bertz CT molecular complexity index is 939. The molecule has 156 valence electrons. The second-order valence-corrected chi connectivity index (χ2v) is 9.01. The van der Waals surface area contributed by atoms with Gasteiger partial charge in [0, 0.05) is 23.5 Å².